The number of aromatic amines is 1. The molecule has 3 aromatic heterocycles. The van der Waals surface area contributed by atoms with Gasteiger partial charge in [0.25, 0.3) is 11.8 Å². The number of aryl methyl sites for hydroxylation is 1. The molecule has 0 unspecified atom stereocenters. The fourth-order valence-corrected chi connectivity index (χ4v) is 8.99. The van der Waals surface area contributed by atoms with Crippen LogP contribution in [0.3, 0.4) is 0 Å². The number of amides is 8. The van der Waals surface area contributed by atoms with Gasteiger partial charge < -0.3 is 71.0 Å². The molecule has 1 aliphatic rings. The van der Waals surface area contributed by atoms with Crippen molar-refractivity contribution in [2.75, 3.05) is 89.7 Å². The molecule has 0 radical (unpaired) electrons. The Morgan fingerprint density at radius 1 is 0.719 bits per heavy atom. The number of pyridine rings is 2. The zero-order chi connectivity index (χ0) is 63.3. The molecule has 4 heterocycles. The molecule has 3 aromatic carbocycles. The van der Waals surface area contributed by atoms with Crippen molar-refractivity contribution in [2.24, 2.45) is 11.7 Å². The Hall–Kier alpha value is -9.37. The van der Waals surface area contributed by atoms with E-state index in [1.165, 1.54) is 24.3 Å². The summed E-state index contributed by atoms with van der Waals surface area (Å²) in [6.07, 6.45) is 5.13. The number of nitrogens with one attached hydrogen (secondary N) is 7. The molecule has 89 heavy (non-hydrogen) atoms. The molecule has 0 bridgehead atoms. The number of hydrogen-bond acceptors (Lipinski definition) is 17. The number of benzene rings is 3. The summed E-state index contributed by atoms with van der Waals surface area (Å²) < 4.78 is 47.2. The van der Waals surface area contributed by atoms with Gasteiger partial charge in [-0.25, -0.2) is 19.0 Å². The number of hydrogen-bond donors (Lipinski definition) is 8. The number of urea groups is 1. The van der Waals surface area contributed by atoms with E-state index in [9.17, 15) is 38.0 Å². The summed E-state index contributed by atoms with van der Waals surface area (Å²) >= 11 is 0. The highest BCUT2D eigenvalue weighted by molar-refractivity contribution is 6.12. The van der Waals surface area contributed by atoms with Gasteiger partial charge in [-0.3, -0.25) is 38.8 Å². The number of unbranched alkanes of at least 4 members (excludes halogenated alkanes) is 1. The van der Waals surface area contributed by atoms with Crippen LogP contribution in [0.1, 0.15) is 63.0 Å². The molecule has 0 saturated carbocycles. The minimum atomic E-state index is -1.06. The summed E-state index contributed by atoms with van der Waals surface area (Å²) in [5.74, 6) is -1.72. The Kier molecular flexibility index (Phi) is 26.7. The molecule has 9 N–H and O–H groups in total. The fraction of sp³-hybridized carbons (Fsp3) is 0.397. The number of H-pyrrole nitrogens is 1. The van der Waals surface area contributed by atoms with Gasteiger partial charge in [0.2, 0.25) is 17.7 Å². The van der Waals surface area contributed by atoms with Gasteiger partial charge in [-0.1, -0.05) is 44.2 Å². The van der Waals surface area contributed by atoms with Gasteiger partial charge in [0.15, 0.2) is 0 Å². The first kappa shape index (κ1) is 67.1. The van der Waals surface area contributed by atoms with Crippen LogP contribution >= 0.6 is 0 Å². The van der Waals surface area contributed by atoms with Gasteiger partial charge in [-0.15, -0.1) is 0 Å². The Balaban J connectivity index is 0.780. The van der Waals surface area contributed by atoms with Crippen molar-refractivity contribution < 1.29 is 66.4 Å². The molecule has 2 atom stereocenters. The summed E-state index contributed by atoms with van der Waals surface area (Å²) in [7, 11) is 0. The van der Waals surface area contributed by atoms with Crippen LogP contribution in [0.25, 0.3) is 33.5 Å². The summed E-state index contributed by atoms with van der Waals surface area (Å²) in [6, 6.07) is 23.7. The molecule has 1 aliphatic heterocycles. The molecule has 0 fully saturated rings. The zero-order valence-electron chi connectivity index (χ0n) is 50.1. The number of anilines is 2. The predicted molar refractivity (Wildman–Crippen MR) is 328 cm³/mol. The smallest absolute Gasteiger partial charge is 0.407 e. The maximum Gasteiger partial charge on any atom is 0.407 e. The van der Waals surface area contributed by atoms with Crippen LogP contribution in [-0.2, 0) is 60.8 Å². The Morgan fingerprint density at radius 3 is 2.13 bits per heavy atom. The summed E-state index contributed by atoms with van der Waals surface area (Å²) in [5.41, 5.74) is 11.6. The number of carbonyl (C=O) groups is 7. The van der Waals surface area contributed by atoms with E-state index in [4.69, 9.17) is 44.1 Å². The van der Waals surface area contributed by atoms with Gasteiger partial charge in [-0.05, 0) is 105 Å². The number of nitrogens with two attached hydrogens (primary N) is 1. The molecular weight excluding hydrogens is 1150 g/mol. The first-order valence-corrected chi connectivity index (χ1v) is 29.4. The van der Waals surface area contributed by atoms with Crippen LogP contribution in [0.4, 0.5) is 25.4 Å². The quantitative estimate of drug-likeness (QED) is 0.0157. The van der Waals surface area contributed by atoms with Crippen LogP contribution in [-0.4, -0.2) is 158 Å². The third kappa shape index (κ3) is 22.7. The summed E-state index contributed by atoms with van der Waals surface area (Å²) in [5, 5.41) is 17.6. The number of carbonyl (C=O) groups excluding carboxylic acids is 7. The predicted octanol–water partition coefficient (Wildman–Crippen LogP) is 6.23. The maximum absolute atomic E-state index is 13.9. The SMILES string of the molecule is Cc1cccc(-c2[nH]c(CNc3cccc(F)c3)nc2-c2ccc3ncc(OCCCCNC(=O)OCc4ccc(NC(=O)[C@H](CCCNC(N)=O)NC(=O)[C@@H](NC(=O)CCOCCOCCOCCOCCN5C(=O)C=CC5=O)C(C)C)cc4)cc3c2)n1. The second kappa shape index (κ2) is 35.4. The largest absolute Gasteiger partial charge is 0.492 e. The van der Waals surface area contributed by atoms with E-state index in [2.05, 4.69) is 41.9 Å². The minimum absolute atomic E-state index is 0.0360. The number of rotatable bonds is 38. The van der Waals surface area contributed by atoms with E-state index < -0.39 is 41.9 Å². The second-order valence-corrected chi connectivity index (χ2v) is 20.9. The first-order chi connectivity index (χ1) is 43.1. The van der Waals surface area contributed by atoms with Gasteiger partial charge in [0.05, 0.1) is 101 Å². The average Bonchev–Trinajstić information content (AvgIpc) is 2.03. The van der Waals surface area contributed by atoms with Gasteiger partial charge in [-0.2, -0.15) is 0 Å². The highest BCUT2D eigenvalue weighted by Crippen LogP contribution is 2.32. The van der Waals surface area contributed by atoms with Crippen LogP contribution in [0.15, 0.2) is 109 Å². The number of aromatic nitrogens is 4. The van der Waals surface area contributed by atoms with Crippen LogP contribution in [0.2, 0.25) is 0 Å². The minimum Gasteiger partial charge on any atom is -0.492 e. The van der Waals surface area contributed by atoms with Gasteiger partial charge in [0, 0.05) is 59.7 Å². The number of ether oxygens (including phenoxy) is 6. The van der Waals surface area contributed by atoms with Crippen molar-refractivity contribution in [2.45, 2.75) is 78.1 Å². The Morgan fingerprint density at radius 2 is 1.43 bits per heavy atom. The number of halogens is 1. The van der Waals surface area contributed by atoms with Crippen molar-refractivity contribution in [1.29, 1.82) is 0 Å². The normalized spacial score (nSPS) is 12.7. The Bertz CT molecular complexity index is 3350. The summed E-state index contributed by atoms with van der Waals surface area (Å²) in [4.78, 5) is 106. The van der Waals surface area contributed by atoms with Crippen molar-refractivity contribution >= 4 is 63.9 Å². The fourth-order valence-electron chi connectivity index (χ4n) is 8.99. The van der Waals surface area contributed by atoms with Crippen molar-refractivity contribution in [3.63, 3.8) is 0 Å². The molecule has 25 nitrogen and oxygen atoms in total. The monoisotopic (exact) mass is 1230 g/mol. The zero-order valence-corrected chi connectivity index (χ0v) is 50.1. The second-order valence-electron chi connectivity index (χ2n) is 20.9. The van der Waals surface area contributed by atoms with E-state index in [0.29, 0.717) is 93.0 Å². The molecule has 26 heteroatoms. The lowest BCUT2D eigenvalue weighted by molar-refractivity contribution is -0.137. The molecule has 474 valence electrons. The van der Waals surface area contributed by atoms with Crippen molar-refractivity contribution in [1.82, 2.24) is 46.1 Å². The van der Waals surface area contributed by atoms with E-state index in [1.807, 2.05) is 49.4 Å². The number of imide groups is 1. The van der Waals surface area contributed by atoms with E-state index in [1.54, 1.807) is 56.4 Å². The van der Waals surface area contributed by atoms with Crippen molar-refractivity contribution in [3.05, 3.63) is 132 Å². The highest BCUT2D eigenvalue weighted by atomic mass is 19.1. The van der Waals surface area contributed by atoms with Crippen LogP contribution in [0.5, 0.6) is 5.75 Å². The third-order valence-corrected chi connectivity index (χ3v) is 13.6. The van der Waals surface area contributed by atoms with Gasteiger partial charge >= 0.3 is 12.1 Å². The standard InChI is InChI=1S/C63H77FN12O13/c1-41(2)57(75-54(77)22-27-84-29-31-86-33-34-87-32-30-85-28-25-76-55(78)20-21-56(76)79)61(81)72-52(13-8-24-66-62(65)82)60(80)71-47-17-14-43(15-18-47)40-89-63(83)67-23-4-5-26-88-49-36-45-35-44(16-19-50(45)69-38-49)58-59(51-12-6-9-42(3)70-51)74-53(73-58)39-68-48-11-7-10-46(64)37-48/h6-7,9-12,14-21,35-38,41,52,57,68H,4-5,8,13,22-34,39-40H2,1-3H3,(H,67,83)(H,71,80)(H,72,81)(H,73,74)(H,75,77)(H3,65,66,82)/t52-,57-/m0/s1. The van der Waals surface area contributed by atoms with Gasteiger partial charge in [0.1, 0.15) is 36.1 Å². The highest BCUT2D eigenvalue weighted by Gasteiger charge is 2.29. The van der Waals surface area contributed by atoms with Crippen molar-refractivity contribution in [3.8, 4) is 28.4 Å². The molecule has 0 spiro atoms. The van der Waals surface area contributed by atoms with E-state index in [-0.39, 0.29) is 89.1 Å². The molecule has 0 saturated heterocycles. The molecular formula is C63H77FN12O13. The van der Waals surface area contributed by atoms with E-state index >= 15 is 0 Å². The molecule has 8 amide bonds. The molecule has 6 aromatic rings. The third-order valence-electron chi connectivity index (χ3n) is 13.6. The summed E-state index contributed by atoms with van der Waals surface area (Å²) in [6.45, 7) is 8.73. The lowest BCUT2D eigenvalue weighted by atomic mass is 10.0. The number of primary amides is 1. The average molecular weight is 1230 g/mol. The first-order valence-electron chi connectivity index (χ1n) is 29.4. The van der Waals surface area contributed by atoms with Crippen LogP contribution < -0.4 is 42.4 Å². The lowest BCUT2D eigenvalue weighted by Gasteiger charge is -2.25. The maximum atomic E-state index is 13.9. The number of nitrogens with zero attached hydrogens (tertiary/aromatic N) is 4. The van der Waals surface area contributed by atoms with Crippen LogP contribution in [0, 0.1) is 18.7 Å². The topological polar surface area (TPSA) is 331 Å². The number of alkyl carbamates (subject to hydrolysis) is 1. The van der Waals surface area contributed by atoms with E-state index in [0.717, 1.165) is 38.4 Å². The molecule has 7 rings (SSSR count). The number of fused-ring (bicyclic) bond motifs is 1. The Labute approximate surface area is 514 Å². The lowest BCUT2D eigenvalue weighted by Crippen LogP contribution is -2.54. The molecule has 0 aliphatic carbocycles. The number of imidazole rings is 1.